The highest BCUT2D eigenvalue weighted by Gasteiger charge is 2.19. The molecule has 25 heavy (non-hydrogen) atoms. The quantitative estimate of drug-likeness (QED) is 0.667. The van der Waals surface area contributed by atoms with Crippen LogP contribution in [0.25, 0.3) is 0 Å². The van der Waals surface area contributed by atoms with Crippen LogP contribution in [0.3, 0.4) is 0 Å². The lowest BCUT2D eigenvalue weighted by atomic mass is 10.1. The molecule has 0 radical (unpaired) electrons. The van der Waals surface area contributed by atoms with Crippen LogP contribution >= 0.6 is 11.6 Å². The summed E-state index contributed by atoms with van der Waals surface area (Å²) >= 11 is 5.61. The highest BCUT2D eigenvalue weighted by atomic mass is 35.5. The van der Waals surface area contributed by atoms with Gasteiger partial charge in [-0.25, -0.2) is 9.18 Å². The first-order chi connectivity index (χ1) is 11.9. The topological polar surface area (TPSA) is 81.7 Å². The largest absolute Gasteiger partial charge is 0.482 e. The number of amides is 1. The number of halogens is 2. The molecule has 3 rings (SSSR count). The molecule has 0 aromatic heterocycles. The Kier molecular flexibility index (Phi) is 4.67. The van der Waals surface area contributed by atoms with Crippen LogP contribution in [0, 0.1) is 5.82 Å². The van der Waals surface area contributed by atoms with Gasteiger partial charge >= 0.3 is 5.97 Å². The normalized spacial score (nSPS) is 12.6. The van der Waals surface area contributed by atoms with E-state index in [2.05, 4.69) is 5.32 Å². The molecule has 0 fully saturated rings. The number of fused-ring (bicyclic) bond motifs is 1. The molecule has 2 aromatic rings. The summed E-state index contributed by atoms with van der Waals surface area (Å²) in [6.45, 7) is -0.668. The van der Waals surface area contributed by atoms with Crippen LogP contribution in [-0.4, -0.2) is 30.9 Å². The summed E-state index contributed by atoms with van der Waals surface area (Å²) in [5.74, 6) is -2.21. The van der Waals surface area contributed by atoms with Gasteiger partial charge in [-0.3, -0.25) is 9.59 Å². The van der Waals surface area contributed by atoms with Gasteiger partial charge in [-0.1, -0.05) is 11.6 Å². The summed E-state index contributed by atoms with van der Waals surface area (Å²) in [4.78, 5) is 35.3. The van der Waals surface area contributed by atoms with Crippen molar-refractivity contribution in [2.24, 2.45) is 0 Å². The lowest BCUT2D eigenvalue weighted by molar-refractivity contribution is -0.118. The van der Waals surface area contributed by atoms with Gasteiger partial charge in [-0.2, -0.15) is 0 Å². The minimum Gasteiger partial charge on any atom is -0.482 e. The smallest absolute Gasteiger partial charge is 0.341 e. The summed E-state index contributed by atoms with van der Waals surface area (Å²) in [6, 6.07) is 7.93. The van der Waals surface area contributed by atoms with Crippen molar-refractivity contribution in [1.29, 1.82) is 0 Å². The van der Waals surface area contributed by atoms with Crippen LogP contribution in [-0.2, 0) is 9.53 Å². The molecule has 2 aromatic carbocycles. The van der Waals surface area contributed by atoms with E-state index in [0.29, 0.717) is 11.4 Å². The summed E-state index contributed by atoms with van der Waals surface area (Å²) in [5.41, 5.74) is 0.259. The van der Waals surface area contributed by atoms with Crippen LogP contribution in [0.2, 0.25) is 5.02 Å². The molecular weight excluding hydrogens is 353 g/mol. The molecule has 0 unspecified atom stereocenters. The van der Waals surface area contributed by atoms with Crippen molar-refractivity contribution in [3.63, 3.8) is 0 Å². The maximum absolute atomic E-state index is 13.6. The number of rotatable bonds is 4. The molecule has 6 nitrogen and oxygen atoms in total. The van der Waals surface area contributed by atoms with Gasteiger partial charge in [-0.05, 0) is 36.4 Å². The summed E-state index contributed by atoms with van der Waals surface area (Å²) in [6.07, 6.45) is 0. The van der Waals surface area contributed by atoms with E-state index in [4.69, 9.17) is 21.1 Å². The van der Waals surface area contributed by atoms with E-state index in [1.807, 2.05) is 0 Å². The minimum absolute atomic E-state index is 0.0927. The number of esters is 1. The second kappa shape index (κ2) is 6.90. The first-order valence-electron chi connectivity index (χ1n) is 7.16. The van der Waals surface area contributed by atoms with E-state index >= 15 is 0 Å². The average molecular weight is 364 g/mol. The fraction of sp³-hybridized carbons (Fsp3) is 0.118. The lowest BCUT2D eigenvalue weighted by Gasteiger charge is -2.18. The molecule has 0 saturated carbocycles. The molecule has 128 valence electrons. The maximum Gasteiger partial charge on any atom is 0.341 e. The molecular formula is C17H11ClFNO5. The molecule has 0 atom stereocenters. The van der Waals surface area contributed by atoms with Crippen LogP contribution in [0.15, 0.2) is 36.4 Å². The number of nitrogens with one attached hydrogen (secondary N) is 1. The fourth-order valence-corrected chi connectivity index (χ4v) is 2.36. The number of carbonyl (C=O) groups is 3. The van der Waals surface area contributed by atoms with E-state index < -0.39 is 24.2 Å². The highest BCUT2D eigenvalue weighted by molar-refractivity contribution is 6.30. The SMILES string of the molecule is O=C1COc2ccc(C(=O)COC(=O)c3ccc(Cl)cc3F)cc2N1. The Labute approximate surface area is 146 Å². The van der Waals surface area contributed by atoms with Gasteiger partial charge in [0.2, 0.25) is 0 Å². The Morgan fingerprint density at radius 3 is 2.80 bits per heavy atom. The number of carbonyl (C=O) groups excluding carboxylic acids is 3. The second-order valence-corrected chi connectivity index (χ2v) is 5.61. The monoisotopic (exact) mass is 363 g/mol. The predicted molar refractivity (Wildman–Crippen MR) is 86.6 cm³/mol. The molecule has 0 spiro atoms. The maximum atomic E-state index is 13.6. The van der Waals surface area contributed by atoms with Gasteiger partial charge in [-0.15, -0.1) is 0 Å². The molecule has 1 amide bonds. The number of Topliss-reactive ketones (excluding diaryl/α,β-unsaturated/α-hetero) is 1. The molecule has 1 N–H and O–H groups in total. The zero-order valence-corrected chi connectivity index (χ0v) is 13.4. The van der Waals surface area contributed by atoms with E-state index in [-0.39, 0.29) is 28.7 Å². The van der Waals surface area contributed by atoms with Crippen molar-refractivity contribution in [3.8, 4) is 5.75 Å². The molecule has 0 saturated heterocycles. The number of hydrogen-bond donors (Lipinski definition) is 1. The Bertz CT molecular complexity index is 883. The Morgan fingerprint density at radius 1 is 1.24 bits per heavy atom. The zero-order chi connectivity index (χ0) is 18.0. The Morgan fingerprint density at radius 2 is 2.04 bits per heavy atom. The average Bonchev–Trinajstić information content (AvgIpc) is 2.58. The molecule has 0 aliphatic carbocycles. The minimum atomic E-state index is -0.975. The second-order valence-electron chi connectivity index (χ2n) is 5.17. The summed E-state index contributed by atoms with van der Waals surface area (Å²) in [5, 5.41) is 2.71. The molecule has 1 heterocycles. The molecule has 8 heteroatoms. The van der Waals surface area contributed by atoms with Crippen molar-refractivity contribution in [2.45, 2.75) is 0 Å². The van der Waals surface area contributed by atoms with Crippen LogP contribution in [0.1, 0.15) is 20.7 Å². The lowest BCUT2D eigenvalue weighted by Crippen LogP contribution is -2.25. The van der Waals surface area contributed by atoms with Gasteiger partial charge in [0.1, 0.15) is 11.6 Å². The van der Waals surface area contributed by atoms with Crippen molar-refractivity contribution < 1.29 is 28.2 Å². The van der Waals surface area contributed by atoms with Crippen molar-refractivity contribution in [2.75, 3.05) is 18.5 Å². The van der Waals surface area contributed by atoms with E-state index in [0.717, 1.165) is 6.07 Å². The third-order valence-electron chi connectivity index (χ3n) is 3.42. The predicted octanol–water partition coefficient (Wildman–Crippen LogP) is 2.85. The first-order valence-corrected chi connectivity index (χ1v) is 7.54. The highest BCUT2D eigenvalue weighted by Crippen LogP contribution is 2.28. The Balaban J connectivity index is 1.67. The van der Waals surface area contributed by atoms with Gasteiger partial charge < -0.3 is 14.8 Å². The van der Waals surface area contributed by atoms with Gasteiger partial charge in [0, 0.05) is 10.6 Å². The number of anilines is 1. The molecule has 0 bridgehead atoms. The summed E-state index contributed by atoms with van der Waals surface area (Å²) < 4.78 is 23.7. The molecule has 1 aliphatic heterocycles. The van der Waals surface area contributed by atoms with Crippen molar-refractivity contribution in [1.82, 2.24) is 0 Å². The van der Waals surface area contributed by atoms with Crippen molar-refractivity contribution >= 4 is 34.9 Å². The van der Waals surface area contributed by atoms with Crippen LogP contribution < -0.4 is 10.1 Å². The van der Waals surface area contributed by atoms with Crippen LogP contribution in [0.5, 0.6) is 5.75 Å². The number of benzene rings is 2. The number of hydrogen-bond acceptors (Lipinski definition) is 5. The number of ether oxygens (including phenoxy) is 2. The first kappa shape index (κ1) is 16.9. The van der Waals surface area contributed by atoms with Gasteiger partial charge in [0.15, 0.2) is 19.0 Å². The van der Waals surface area contributed by atoms with E-state index in [1.165, 1.54) is 30.3 Å². The molecule has 1 aliphatic rings. The third kappa shape index (κ3) is 3.77. The van der Waals surface area contributed by atoms with E-state index in [9.17, 15) is 18.8 Å². The van der Waals surface area contributed by atoms with Crippen LogP contribution in [0.4, 0.5) is 10.1 Å². The van der Waals surface area contributed by atoms with E-state index in [1.54, 1.807) is 0 Å². The zero-order valence-electron chi connectivity index (χ0n) is 12.7. The van der Waals surface area contributed by atoms with Gasteiger partial charge in [0.05, 0.1) is 11.3 Å². The third-order valence-corrected chi connectivity index (χ3v) is 3.65. The van der Waals surface area contributed by atoms with Crippen molar-refractivity contribution in [3.05, 3.63) is 58.4 Å². The summed E-state index contributed by atoms with van der Waals surface area (Å²) in [7, 11) is 0. The van der Waals surface area contributed by atoms with Gasteiger partial charge in [0.25, 0.3) is 5.91 Å². The number of ketones is 1. The Hall–Kier alpha value is -2.93. The standard InChI is InChI=1S/C17H11ClFNO5/c18-10-2-3-11(12(19)6-10)17(23)25-7-14(21)9-1-4-15-13(5-9)20-16(22)8-24-15/h1-6H,7-8H2,(H,20,22). The fourth-order valence-electron chi connectivity index (χ4n) is 2.20.